The maximum absolute atomic E-state index is 12.4. The summed E-state index contributed by atoms with van der Waals surface area (Å²) in [5, 5.41) is 8.89. The fourth-order valence-electron chi connectivity index (χ4n) is 3.02. The predicted octanol–water partition coefficient (Wildman–Crippen LogP) is 4.40. The second kappa shape index (κ2) is 9.48. The van der Waals surface area contributed by atoms with Crippen molar-refractivity contribution >= 4 is 5.97 Å². The monoisotopic (exact) mass is 403 g/mol. The molecule has 0 aliphatic carbocycles. The van der Waals surface area contributed by atoms with E-state index >= 15 is 0 Å². The van der Waals surface area contributed by atoms with E-state index in [1.807, 2.05) is 24.3 Å². The molecule has 0 heterocycles. The van der Waals surface area contributed by atoms with Crippen molar-refractivity contribution in [1.29, 1.82) is 5.26 Å². The highest BCUT2D eigenvalue weighted by Crippen LogP contribution is 2.38. The van der Waals surface area contributed by atoms with Crippen molar-refractivity contribution in [2.24, 2.45) is 0 Å². The molecule has 0 amide bonds. The lowest BCUT2D eigenvalue weighted by atomic mass is 10.0. The number of carbonyl (C=O) groups is 1. The first kappa shape index (κ1) is 20.7. The Kier molecular flexibility index (Phi) is 6.56. The first-order chi connectivity index (χ1) is 14.6. The third kappa shape index (κ3) is 4.70. The van der Waals surface area contributed by atoms with E-state index < -0.39 is 5.97 Å². The van der Waals surface area contributed by atoms with Gasteiger partial charge in [-0.2, -0.15) is 5.26 Å². The molecule has 152 valence electrons. The summed E-state index contributed by atoms with van der Waals surface area (Å²) >= 11 is 0. The van der Waals surface area contributed by atoms with Crippen LogP contribution in [0.2, 0.25) is 0 Å². The SMILES string of the molecule is COc1cc(CC(=O)Oc2ccc(-c3ccc(C#N)cc3)cc2)cc(OC)c1OC. The number of ether oxygens (including phenoxy) is 4. The molecule has 0 saturated heterocycles. The van der Waals surface area contributed by atoms with E-state index in [1.54, 1.807) is 36.4 Å². The average molecular weight is 403 g/mol. The molecule has 0 aromatic heterocycles. The predicted molar refractivity (Wildman–Crippen MR) is 112 cm³/mol. The molecule has 0 aliphatic rings. The van der Waals surface area contributed by atoms with Crippen molar-refractivity contribution in [2.75, 3.05) is 21.3 Å². The zero-order chi connectivity index (χ0) is 21.5. The molecule has 0 radical (unpaired) electrons. The van der Waals surface area contributed by atoms with Gasteiger partial charge in [0, 0.05) is 0 Å². The topological polar surface area (TPSA) is 77.8 Å². The smallest absolute Gasteiger partial charge is 0.315 e. The van der Waals surface area contributed by atoms with Gasteiger partial charge in [-0.15, -0.1) is 0 Å². The van der Waals surface area contributed by atoms with E-state index in [2.05, 4.69) is 6.07 Å². The summed E-state index contributed by atoms with van der Waals surface area (Å²) in [6.45, 7) is 0. The van der Waals surface area contributed by atoms with Crippen LogP contribution in [0.3, 0.4) is 0 Å². The molecule has 30 heavy (non-hydrogen) atoms. The van der Waals surface area contributed by atoms with Crippen molar-refractivity contribution in [1.82, 2.24) is 0 Å². The van der Waals surface area contributed by atoms with Gasteiger partial charge in [0.1, 0.15) is 5.75 Å². The van der Waals surface area contributed by atoms with Gasteiger partial charge in [0.15, 0.2) is 11.5 Å². The van der Waals surface area contributed by atoms with Gasteiger partial charge in [-0.1, -0.05) is 24.3 Å². The summed E-state index contributed by atoms with van der Waals surface area (Å²) in [7, 11) is 4.57. The lowest BCUT2D eigenvalue weighted by Crippen LogP contribution is -2.11. The van der Waals surface area contributed by atoms with E-state index in [0.29, 0.717) is 34.1 Å². The molecule has 6 heteroatoms. The lowest BCUT2D eigenvalue weighted by molar-refractivity contribution is -0.133. The van der Waals surface area contributed by atoms with E-state index in [-0.39, 0.29) is 6.42 Å². The van der Waals surface area contributed by atoms with E-state index in [4.69, 9.17) is 24.2 Å². The van der Waals surface area contributed by atoms with Gasteiger partial charge in [0.05, 0.1) is 39.4 Å². The van der Waals surface area contributed by atoms with Gasteiger partial charge in [-0.05, 0) is 53.1 Å². The number of hydrogen-bond donors (Lipinski definition) is 0. The van der Waals surface area contributed by atoms with Crippen LogP contribution >= 0.6 is 0 Å². The number of esters is 1. The van der Waals surface area contributed by atoms with Crippen molar-refractivity contribution < 1.29 is 23.7 Å². The second-order valence-electron chi connectivity index (χ2n) is 6.40. The Labute approximate surface area is 175 Å². The first-order valence-corrected chi connectivity index (χ1v) is 9.18. The molecule has 0 spiro atoms. The van der Waals surface area contributed by atoms with E-state index in [0.717, 1.165) is 11.1 Å². The van der Waals surface area contributed by atoms with Crippen molar-refractivity contribution in [2.45, 2.75) is 6.42 Å². The van der Waals surface area contributed by atoms with Crippen LogP contribution in [0.4, 0.5) is 0 Å². The minimum absolute atomic E-state index is 0.0497. The Hall–Kier alpha value is -3.98. The highest BCUT2D eigenvalue weighted by molar-refractivity contribution is 5.76. The zero-order valence-electron chi connectivity index (χ0n) is 17.0. The van der Waals surface area contributed by atoms with E-state index in [1.165, 1.54) is 21.3 Å². The van der Waals surface area contributed by atoms with Gasteiger partial charge in [-0.3, -0.25) is 4.79 Å². The quantitative estimate of drug-likeness (QED) is 0.430. The fourth-order valence-corrected chi connectivity index (χ4v) is 3.02. The van der Waals surface area contributed by atoms with Gasteiger partial charge in [0.2, 0.25) is 5.75 Å². The molecule has 3 aromatic carbocycles. The van der Waals surface area contributed by atoms with Crippen molar-refractivity contribution in [3.63, 3.8) is 0 Å². The first-order valence-electron chi connectivity index (χ1n) is 9.18. The Morgan fingerprint density at radius 1 is 0.833 bits per heavy atom. The van der Waals surface area contributed by atoms with Crippen LogP contribution in [-0.2, 0) is 11.2 Å². The minimum atomic E-state index is -0.407. The molecule has 3 aromatic rings. The molecular weight excluding hydrogens is 382 g/mol. The number of nitriles is 1. The summed E-state index contributed by atoms with van der Waals surface area (Å²) in [5.41, 5.74) is 3.23. The summed E-state index contributed by atoms with van der Waals surface area (Å²) in [5.74, 6) is 1.47. The van der Waals surface area contributed by atoms with Crippen LogP contribution in [0, 0.1) is 11.3 Å². The van der Waals surface area contributed by atoms with Crippen LogP contribution in [0.15, 0.2) is 60.7 Å². The number of hydrogen-bond acceptors (Lipinski definition) is 6. The standard InChI is InChI=1S/C24H21NO5/c1-27-21-12-17(13-22(28-2)24(21)29-3)14-23(26)30-20-10-8-19(9-11-20)18-6-4-16(15-25)5-7-18/h4-13H,14H2,1-3H3. The number of benzene rings is 3. The molecule has 0 fully saturated rings. The van der Waals surface area contributed by atoms with Gasteiger partial charge in [0.25, 0.3) is 0 Å². The van der Waals surface area contributed by atoms with Crippen molar-refractivity contribution in [3.05, 3.63) is 71.8 Å². The Morgan fingerprint density at radius 3 is 1.83 bits per heavy atom. The summed E-state index contributed by atoms with van der Waals surface area (Å²) in [4.78, 5) is 12.4. The van der Waals surface area contributed by atoms with Crippen LogP contribution in [-0.4, -0.2) is 27.3 Å². The summed E-state index contributed by atoms with van der Waals surface area (Å²) in [6.07, 6.45) is 0.0497. The number of carbonyl (C=O) groups excluding carboxylic acids is 1. The summed E-state index contributed by atoms with van der Waals surface area (Å²) < 4.78 is 21.4. The number of nitrogens with zero attached hydrogens (tertiary/aromatic N) is 1. The van der Waals surface area contributed by atoms with Crippen LogP contribution in [0.1, 0.15) is 11.1 Å². The largest absolute Gasteiger partial charge is 0.493 e. The third-order valence-electron chi connectivity index (χ3n) is 4.51. The summed E-state index contributed by atoms with van der Waals surface area (Å²) in [6, 6.07) is 20.0. The molecule has 0 unspecified atom stereocenters. The minimum Gasteiger partial charge on any atom is -0.493 e. The third-order valence-corrected chi connectivity index (χ3v) is 4.51. The maximum atomic E-state index is 12.4. The molecule has 0 atom stereocenters. The molecule has 0 N–H and O–H groups in total. The normalized spacial score (nSPS) is 10.1. The van der Waals surface area contributed by atoms with Crippen LogP contribution in [0.25, 0.3) is 11.1 Å². The molecular formula is C24H21NO5. The number of methoxy groups -OCH3 is 3. The maximum Gasteiger partial charge on any atom is 0.315 e. The highest BCUT2D eigenvalue weighted by atomic mass is 16.5. The van der Waals surface area contributed by atoms with Crippen molar-refractivity contribution in [3.8, 4) is 40.2 Å². The second-order valence-corrected chi connectivity index (χ2v) is 6.40. The van der Waals surface area contributed by atoms with Gasteiger partial charge < -0.3 is 18.9 Å². The fraction of sp³-hybridized carbons (Fsp3) is 0.167. The van der Waals surface area contributed by atoms with Gasteiger partial charge >= 0.3 is 5.97 Å². The Morgan fingerprint density at radius 2 is 1.37 bits per heavy atom. The Bertz CT molecular complexity index is 1040. The Balaban J connectivity index is 1.70. The average Bonchev–Trinajstić information content (AvgIpc) is 2.78. The zero-order valence-corrected chi connectivity index (χ0v) is 17.0. The number of rotatable bonds is 7. The van der Waals surface area contributed by atoms with Crippen LogP contribution < -0.4 is 18.9 Å². The lowest BCUT2D eigenvalue weighted by Gasteiger charge is -2.14. The van der Waals surface area contributed by atoms with E-state index in [9.17, 15) is 4.79 Å². The van der Waals surface area contributed by atoms with Gasteiger partial charge in [-0.25, -0.2) is 0 Å². The molecule has 0 aliphatic heterocycles. The molecule has 6 nitrogen and oxygen atoms in total. The molecule has 3 rings (SSSR count). The molecule has 0 saturated carbocycles. The van der Waals surface area contributed by atoms with Crippen LogP contribution in [0.5, 0.6) is 23.0 Å². The molecule has 0 bridgehead atoms. The highest BCUT2D eigenvalue weighted by Gasteiger charge is 2.16.